The van der Waals surface area contributed by atoms with Gasteiger partial charge in [0, 0.05) is 6.54 Å². The summed E-state index contributed by atoms with van der Waals surface area (Å²) >= 11 is 0. The van der Waals surface area contributed by atoms with E-state index in [9.17, 15) is 9.59 Å². The second-order valence-corrected chi connectivity index (χ2v) is 8.09. The number of aliphatic carboxylic acids is 1. The van der Waals surface area contributed by atoms with Crippen molar-refractivity contribution >= 4 is 11.9 Å². The number of carbonyl (C=O) groups is 2. The maximum Gasteiger partial charge on any atom is 0.332 e. The molecule has 1 amide bonds. The van der Waals surface area contributed by atoms with Crippen LogP contribution in [0.15, 0.2) is 24.3 Å². The molecule has 0 radical (unpaired) electrons. The van der Waals surface area contributed by atoms with Crippen molar-refractivity contribution in [1.82, 2.24) is 4.90 Å². The Morgan fingerprint density at radius 2 is 1.72 bits per heavy atom. The van der Waals surface area contributed by atoms with Crippen molar-refractivity contribution in [2.45, 2.75) is 70.1 Å². The number of carboxylic acid groups (broad SMARTS) is 1. The van der Waals surface area contributed by atoms with Gasteiger partial charge in [-0.3, -0.25) is 4.79 Å². The van der Waals surface area contributed by atoms with Gasteiger partial charge in [-0.05, 0) is 42.2 Å². The zero-order chi connectivity index (χ0) is 18.2. The van der Waals surface area contributed by atoms with Crippen LogP contribution < -0.4 is 0 Å². The highest BCUT2D eigenvalue weighted by molar-refractivity contribution is 5.83. The summed E-state index contributed by atoms with van der Waals surface area (Å²) in [5.74, 6) is -1.04. The molecule has 3 rings (SSSR count). The van der Waals surface area contributed by atoms with Gasteiger partial charge in [-0.1, -0.05) is 45.0 Å². The molecule has 1 N–H and O–H groups in total. The first-order valence-corrected chi connectivity index (χ1v) is 9.06. The molecular formula is C20H27NO4. The van der Waals surface area contributed by atoms with Crippen LogP contribution in [-0.4, -0.2) is 40.6 Å². The van der Waals surface area contributed by atoms with Crippen molar-refractivity contribution < 1.29 is 19.4 Å². The van der Waals surface area contributed by atoms with Crippen LogP contribution in [0.5, 0.6) is 0 Å². The van der Waals surface area contributed by atoms with Crippen LogP contribution in [-0.2, 0) is 19.7 Å². The van der Waals surface area contributed by atoms with Gasteiger partial charge in [0.2, 0.25) is 0 Å². The Labute approximate surface area is 149 Å². The Balaban J connectivity index is 1.72. The number of carboxylic acids is 1. The monoisotopic (exact) mass is 345 g/mol. The summed E-state index contributed by atoms with van der Waals surface area (Å²) < 4.78 is 5.45. The molecule has 2 saturated heterocycles. The van der Waals surface area contributed by atoms with Crippen molar-refractivity contribution in [2.24, 2.45) is 0 Å². The van der Waals surface area contributed by atoms with E-state index in [1.165, 1.54) is 5.56 Å². The van der Waals surface area contributed by atoms with Gasteiger partial charge in [-0.15, -0.1) is 0 Å². The van der Waals surface area contributed by atoms with Crippen LogP contribution >= 0.6 is 0 Å². The number of ether oxygens (including phenoxy) is 1. The van der Waals surface area contributed by atoms with Gasteiger partial charge in [0.1, 0.15) is 6.10 Å². The summed E-state index contributed by atoms with van der Waals surface area (Å²) in [6.07, 6.45) is 1.34. The third-order valence-corrected chi connectivity index (χ3v) is 5.27. The summed E-state index contributed by atoms with van der Waals surface area (Å²) in [7, 11) is 0. The molecular weight excluding hydrogens is 318 g/mol. The maximum absolute atomic E-state index is 12.8. The van der Waals surface area contributed by atoms with Crippen molar-refractivity contribution in [3.8, 4) is 0 Å². The number of amides is 1. The van der Waals surface area contributed by atoms with E-state index in [0.717, 1.165) is 18.4 Å². The van der Waals surface area contributed by atoms with E-state index in [0.29, 0.717) is 19.4 Å². The van der Waals surface area contributed by atoms with Crippen LogP contribution in [0.1, 0.15) is 63.6 Å². The number of carbonyl (C=O) groups excluding carboxylic acids is 1. The van der Waals surface area contributed by atoms with Gasteiger partial charge in [0.25, 0.3) is 5.91 Å². The lowest BCUT2D eigenvalue weighted by atomic mass is 9.86. The maximum atomic E-state index is 12.8. The highest BCUT2D eigenvalue weighted by Crippen LogP contribution is 2.35. The zero-order valence-electron chi connectivity index (χ0n) is 15.2. The summed E-state index contributed by atoms with van der Waals surface area (Å²) in [5, 5.41) is 9.05. The molecule has 2 fully saturated rings. The first kappa shape index (κ1) is 17.9. The number of nitrogens with zero attached hydrogens (tertiary/aromatic N) is 1. The minimum absolute atomic E-state index is 0.0638. The SMILES string of the molecule is CC(C)(C)c1ccc(C2CCCN2C(=O)[C@@H]2CC[C@H](C(=O)O)O2)cc1. The fourth-order valence-electron chi connectivity index (χ4n) is 3.77. The highest BCUT2D eigenvalue weighted by Gasteiger charge is 2.40. The molecule has 25 heavy (non-hydrogen) atoms. The summed E-state index contributed by atoms with van der Waals surface area (Å²) in [5.41, 5.74) is 2.52. The van der Waals surface area contributed by atoms with Crippen molar-refractivity contribution in [3.63, 3.8) is 0 Å². The fourth-order valence-corrected chi connectivity index (χ4v) is 3.77. The van der Waals surface area contributed by atoms with Crippen molar-refractivity contribution in [3.05, 3.63) is 35.4 Å². The number of likely N-dealkylation sites (tertiary alicyclic amines) is 1. The van der Waals surface area contributed by atoms with E-state index in [2.05, 4.69) is 45.0 Å². The minimum atomic E-state index is -0.981. The molecule has 0 aliphatic carbocycles. The second-order valence-electron chi connectivity index (χ2n) is 8.09. The molecule has 0 spiro atoms. The quantitative estimate of drug-likeness (QED) is 0.913. The smallest absolute Gasteiger partial charge is 0.332 e. The molecule has 5 heteroatoms. The molecule has 2 aliphatic rings. The zero-order valence-corrected chi connectivity index (χ0v) is 15.2. The number of rotatable bonds is 3. The fraction of sp³-hybridized carbons (Fsp3) is 0.600. The van der Waals surface area contributed by atoms with E-state index >= 15 is 0 Å². The molecule has 0 saturated carbocycles. The van der Waals surface area contributed by atoms with Crippen LogP contribution in [0.2, 0.25) is 0 Å². The lowest BCUT2D eigenvalue weighted by molar-refractivity contribution is -0.155. The van der Waals surface area contributed by atoms with Crippen molar-refractivity contribution in [1.29, 1.82) is 0 Å². The van der Waals surface area contributed by atoms with Gasteiger partial charge in [-0.25, -0.2) is 4.79 Å². The molecule has 3 atom stereocenters. The normalized spacial score (nSPS) is 26.8. The Morgan fingerprint density at radius 3 is 2.28 bits per heavy atom. The number of hydrogen-bond donors (Lipinski definition) is 1. The Bertz CT molecular complexity index is 647. The van der Waals surface area contributed by atoms with Gasteiger partial charge in [0.15, 0.2) is 6.10 Å². The van der Waals surface area contributed by atoms with Gasteiger partial charge in [-0.2, -0.15) is 0 Å². The molecule has 0 aromatic heterocycles. The molecule has 0 bridgehead atoms. The average molecular weight is 345 g/mol. The largest absolute Gasteiger partial charge is 0.479 e. The van der Waals surface area contributed by atoms with E-state index in [4.69, 9.17) is 9.84 Å². The molecule has 1 aromatic carbocycles. The molecule has 2 aliphatic heterocycles. The predicted octanol–water partition coefficient (Wildman–Crippen LogP) is 3.28. The average Bonchev–Trinajstić information content (AvgIpc) is 3.23. The summed E-state index contributed by atoms with van der Waals surface area (Å²) in [6, 6.07) is 8.58. The molecule has 5 nitrogen and oxygen atoms in total. The lowest BCUT2D eigenvalue weighted by Gasteiger charge is -2.28. The first-order chi connectivity index (χ1) is 11.8. The second kappa shape index (κ2) is 6.79. The van der Waals surface area contributed by atoms with E-state index in [-0.39, 0.29) is 17.4 Å². The van der Waals surface area contributed by atoms with Gasteiger partial charge < -0.3 is 14.7 Å². The lowest BCUT2D eigenvalue weighted by Crippen LogP contribution is -2.39. The number of hydrogen-bond acceptors (Lipinski definition) is 3. The molecule has 1 unspecified atom stereocenters. The van der Waals surface area contributed by atoms with E-state index in [1.807, 2.05) is 4.90 Å². The standard InChI is InChI=1S/C20H27NO4/c1-20(2,3)14-8-6-13(7-9-14)15-5-4-12-21(15)18(22)16-10-11-17(25-16)19(23)24/h6-9,15-17H,4-5,10-12H2,1-3H3,(H,23,24)/t15?,16-,17+/m0/s1. The number of benzene rings is 1. The Kier molecular flexibility index (Phi) is 4.87. The third kappa shape index (κ3) is 3.71. The van der Waals surface area contributed by atoms with E-state index in [1.54, 1.807) is 0 Å². The topological polar surface area (TPSA) is 66.8 Å². The summed E-state index contributed by atoms with van der Waals surface area (Å²) in [4.78, 5) is 25.7. The highest BCUT2D eigenvalue weighted by atomic mass is 16.5. The first-order valence-electron chi connectivity index (χ1n) is 9.06. The van der Waals surface area contributed by atoms with Crippen molar-refractivity contribution in [2.75, 3.05) is 6.54 Å². The van der Waals surface area contributed by atoms with Crippen LogP contribution in [0.3, 0.4) is 0 Å². The van der Waals surface area contributed by atoms with Crippen LogP contribution in [0.25, 0.3) is 0 Å². The van der Waals surface area contributed by atoms with Gasteiger partial charge >= 0.3 is 5.97 Å². The van der Waals surface area contributed by atoms with Gasteiger partial charge in [0.05, 0.1) is 6.04 Å². The minimum Gasteiger partial charge on any atom is -0.479 e. The third-order valence-electron chi connectivity index (χ3n) is 5.27. The van der Waals surface area contributed by atoms with Crippen LogP contribution in [0, 0.1) is 0 Å². The Morgan fingerprint density at radius 1 is 1.08 bits per heavy atom. The van der Waals surface area contributed by atoms with Crippen LogP contribution in [0.4, 0.5) is 0 Å². The Hall–Kier alpha value is -1.88. The predicted molar refractivity (Wildman–Crippen MR) is 94.4 cm³/mol. The molecule has 1 aromatic rings. The summed E-state index contributed by atoms with van der Waals surface area (Å²) in [6.45, 7) is 7.26. The molecule has 2 heterocycles. The van der Waals surface area contributed by atoms with E-state index < -0.39 is 18.2 Å². The molecule has 136 valence electrons.